The van der Waals surface area contributed by atoms with Crippen LogP contribution in [0.3, 0.4) is 0 Å². The van der Waals surface area contributed by atoms with Gasteiger partial charge in [0.15, 0.2) is 0 Å². The van der Waals surface area contributed by atoms with E-state index in [0.29, 0.717) is 12.1 Å². The van der Waals surface area contributed by atoms with Crippen LogP contribution in [0.4, 0.5) is 0 Å². The molecule has 0 unspecified atom stereocenters. The summed E-state index contributed by atoms with van der Waals surface area (Å²) in [6, 6.07) is 1.25. The molecular weight excluding hydrogens is 162 g/mol. The van der Waals surface area contributed by atoms with Crippen molar-refractivity contribution in [1.29, 1.82) is 0 Å². The highest BCUT2D eigenvalue weighted by Gasteiger charge is 2.04. The molecule has 82 valence electrons. The SMILES string of the molecule is CC(C)NC(C)C.COC(C)(C)C. The van der Waals surface area contributed by atoms with Crippen molar-refractivity contribution in [2.24, 2.45) is 0 Å². The van der Waals surface area contributed by atoms with Crippen molar-refractivity contribution in [2.75, 3.05) is 7.11 Å². The number of nitrogens with one attached hydrogen (secondary N) is 1. The van der Waals surface area contributed by atoms with Gasteiger partial charge in [-0.25, -0.2) is 0 Å². The fourth-order valence-electron chi connectivity index (χ4n) is 0.667. The highest BCUT2D eigenvalue weighted by molar-refractivity contribution is 4.56. The number of hydrogen-bond acceptors (Lipinski definition) is 2. The molecule has 0 spiro atoms. The van der Waals surface area contributed by atoms with Crippen LogP contribution in [-0.2, 0) is 4.74 Å². The van der Waals surface area contributed by atoms with Crippen LogP contribution in [0.25, 0.3) is 0 Å². The Morgan fingerprint density at radius 2 is 1.15 bits per heavy atom. The molecule has 0 bridgehead atoms. The van der Waals surface area contributed by atoms with Gasteiger partial charge in [-0.15, -0.1) is 0 Å². The molecule has 0 saturated carbocycles. The minimum Gasteiger partial charge on any atom is -0.379 e. The lowest BCUT2D eigenvalue weighted by Crippen LogP contribution is -2.29. The molecule has 0 aromatic rings. The van der Waals surface area contributed by atoms with Crippen molar-refractivity contribution >= 4 is 0 Å². The first kappa shape index (κ1) is 15.4. The van der Waals surface area contributed by atoms with Crippen molar-refractivity contribution < 1.29 is 4.74 Å². The molecule has 0 aromatic carbocycles. The Balaban J connectivity index is 0. The van der Waals surface area contributed by atoms with E-state index in [1.165, 1.54) is 0 Å². The van der Waals surface area contributed by atoms with E-state index in [0.717, 1.165) is 0 Å². The van der Waals surface area contributed by atoms with Crippen LogP contribution in [0.1, 0.15) is 48.5 Å². The van der Waals surface area contributed by atoms with Gasteiger partial charge < -0.3 is 10.1 Å². The van der Waals surface area contributed by atoms with Crippen molar-refractivity contribution in [3.8, 4) is 0 Å². The van der Waals surface area contributed by atoms with Crippen molar-refractivity contribution in [3.05, 3.63) is 0 Å². The average molecular weight is 189 g/mol. The maximum Gasteiger partial charge on any atom is 0.0594 e. The van der Waals surface area contributed by atoms with Gasteiger partial charge in [-0.1, -0.05) is 27.7 Å². The summed E-state index contributed by atoms with van der Waals surface area (Å²) in [5.41, 5.74) is 0.0417. The minimum atomic E-state index is 0.0417. The largest absolute Gasteiger partial charge is 0.379 e. The van der Waals surface area contributed by atoms with Crippen molar-refractivity contribution in [2.45, 2.75) is 66.2 Å². The van der Waals surface area contributed by atoms with Crippen molar-refractivity contribution in [3.63, 3.8) is 0 Å². The van der Waals surface area contributed by atoms with Gasteiger partial charge in [-0.05, 0) is 20.8 Å². The van der Waals surface area contributed by atoms with E-state index in [4.69, 9.17) is 4.74 Å². The number of hydrogen-bond donors (Lipinski definition) is 1. The van der Waals surface area contributed by atoms with Gasteiger partial charge in [0.2, 0.25) is 0 Å². The molecule has 0 aromatic heterocycles. The van der Waals surface area contributed by atoms with Gasteiger partial charge in [0, 0.05) is 19.2 Å². The van der Waals surface area contributed by atoms with E-state index in [-0.39, 0.29) is 5.60 Å². The van der Waals surface area contributed by atoms with Crippen molar-refractivity contribution in [1.82, 2.24) is 5.32 Å². The van der Waals surface area contributed by atoms with E-state index >= 15 is 0 Å². The third kappa shape index (κ3) is 24.5. The predicted molar refractivity (Wildman–Crippen MR) is 60.2 cm³/mol. The summed E-state index contributed by atoms with van der Waals surface area (Å²) in [6.07, 6.45) is 0. The molecule has 0 rings (SSSR count). The summed E-state index contributed by atoms with van der Waals surface area (Å²) in [5.74, 6) is 0. The van der Waals surface area contributed by atoms with Gasteiger partial charge >= 0.3 is 0 Å². The van der Waals surface area contributed by atoms with E-state index in [9.17, 15) is 0 Å². The number of ether oxygens (including phenoxy) is 1. The summed E-state index contributed by atoms with van der Waals surface area (Å²) >= 11 is 0. The Labute approximate surface area is 84.1 Å². The Morgan fingerprint density at radius 1 is 0.923 bits per heavy atom. The summed E-state index contributed by atoms with van der Waals surface area (Å²) in [7, 11) is 1.71. The molecule has 0 saturated heterocycles. The summed E-state index contributed by atoms with van der Waals surface area (Å²) < 4.78 is 4.94. The van der Waals surface area contributed by atoms with Crippen LogP contribution in [-0.4, -0.2) is 24.8 Å². The summed E-state index contributed by atoms with van der Waals surface area (Å²) in [4.78, 5) is 0. The molecule has 0 atom stereocenters. The molecule has 0 heterocycles. The third-order valence-electron chi connectivity index (χ3n) is 1.28. The molecule has 0 fully saturated rings. The molecule has 0 aliphatic heterocycles. The second-order valence-electron chi connectivity index (χ2n) is 4.79. The molecule has 0 aliphatic carbocycles. The molecule has 0 aliphatic rings. The molecule has 13 heavy (non-hydrogen) atoms. The lowest BCUT2D eigenvalue weighted by atomic mass is 10.2. The molecule has 1 N–H and O–H groups in total. The molecule has 2 heteroatoms. The fraction of sp³-hybridized carbons (Fsp3) is 1.00. The maximum absolute atomic E-state index is 4.94. The molecular formula is C11H27NO. The van der Waals surface area contributed by atoms with Gasteiger partial charge in [0.1, 0.15) is 0 Å². The Bertz CT molecular complexity index is 97.1. The van der Waals surface area contributed by atoms with E-state index in [1.807, 2.05) is 20.8 Å². The van der Waals surface area contributed by atoms with E-state index in [1.54, 1.807) is 7.11 Å². The third-order valence-corrected chi connectivity index (χ3v) is 1.28. The highest BCUT2D eigenvalue weighted by atomic mass is 16.5. The second-order valence-corrected chi connectivity index (χ2v) is 4.79. The summed E-state index contributed by atoms with van der Waals surface area (Å²) in [6.45, 7) is 14.7. The predicted octanol–water partition coefficient (Wildman–Crippen LogP) is 2.82. The first-order valence-corrected chi connectivity index (χ1v) is 5.00. The van der Waals surface area contributed by atoms with Crippen LogP contribution >= 0.6 is 0 Å². The zero-order valence-electron chi connectivity index (χ0n) is 10.6. The topological polar surface area (TPSA) is 21.3 Å². The van der Waals surface area contributed by atoms with Gasteiger partial charge in [0.25, 0.3) is 0 Å². The summed E-state index contributed by atoms with van der Waals surface area (Å²) in [5, 5.41) is 3.31. The van der Waals surface area contributed by atoms with Gasteiger partial charge in [-0.3, -0.25) is 0 Å². The highest BCUT2D eigenvalue weighted by Crippen LogP contribution is 2.02. The Kier molecular flexibility index (Phi) is 8.69. The molecule has 2 nitrogen and oxygen atoms in total. The monoisotopic (exact) mass is 189 g/mol. The standard InChI is InChI=1S/C6H15N.C5H12O/c1-5(2)7-6(3)4;1-5(2,3)6-4/h5-7H,1-4H3;1-4H3. The first-order valence-electron chi connectivity index (χ1n) is 5.00. The van der Waals surface area contributed by atoms with E-state index in [2.05, 4.69) is 33.0 Å². The maximum atomic E-state index is 4.94. The Hall–Kier alpha value is -0.0800. The zero-order valence-corrected chi connectivity index (χ0v) is 10.6. The quantitative estimate of drug-likeness (QED) is 0.721. The molecule has 0 amide bonds. The van der Waals surface area contributed by atoms with Crippen LogP contribution < -0.4 is 5.32 Å². The van der Waals surface area contributed by atoms with E-state index < -0.39 is 0 Å². The Morgan fingerprint density at radius 3 is 1.15 bits per heavy atom. The number of rotatable bonds is 2. The van der Waals surface area contributed by atoms with Gasteiger partial charge in [-0.2, -0.15) is 0 Å². The van der Waals surface area contributed by atoms with Crippen LogP contribution in [0.5, 0.6) is 0 Å². The molecule has 0 radical (unpaired) electrons. The van der Waals surface area contributed by atoms with Crippen LogP contribution in [0, 0.1) is 0 Å². The smallest absolute Gasteiger partial charge is 0.0594 e. The zero-order chi connectivity index (χ0) is 11.1. The average Bonchev–Trinajstić information content (AvgIpc) is 1.84. The van der Waals surface area contributed by atoms with Crippen LogP contribution in [0.2, 0.25) is 0 Å². The second kappa shape index (κ2) is 7.34. The first-order chi connectivity index (χ1) is 5.69. The van der Waals surface area contributed by atoms with Crippen LogP contribution in [0.15, 0.2) is 0 Å². The van der Waals surface area contributed by atoms with Gasteiger partial charge in [0.05, 0.1) is 5.60 Å². The fourth-order valence-corrected chi connectivity index (χ4v) is 0.667. The lowest BCUT2D eigenvalue weighted by Gasteiger charge is -2.14. The minimum absolute atomic E-state index is 0.0417. The number of methoxy groups -OCH3 is 1. The lowest BCUT2D eigenvalue weighted by molar-refractivity contribution is 0.0397. The normalized spacial score (nSPS) is 11.5.